The number of carbonyl (C=O) groups excluding carboxylic acids is 1. The van der Waals surface area contributed by atoms with Crippen LogP contribution in [0.15, 0.2) is 18.2 Å². The molecule has 0 unspecified atom stereocenters. The van der Waals surface area contributed by atoms with Gasteiger partial charge >= 0.3 is 0 Å². The molecule has 0 saturated heterocycles. The molecule has 1 aromatic rings. The van der Waals surface area contributed by atoms with E-state index >= 15 is 0 Å². The first-order chi connectivity index (χ1) is 7.41. The molecule has 16 heavy (non-hydrogen) atoms. The van der Waals surface area contributed by atoms with Crippen molar-refractivity contribution in [2.24, 2.45) is 5.92 Å². The lowest BCUT2D eigenvalue weighted by atomic mass is 10.1. The molecular formula is C13H20N2O. The summed E-state index contributed by atoms with van der Waals surface area (Å²) in [6, 6.07) is 5.39. The Hall–Kier alpha value is -1.51. The minimum absolute atomic E-state index is 0.0613. The fourth-order valence-electron chi connectivity index (χ4n) is 1.76. The average molecular weight is 220 g/mol. The predicted octanol–water partition coefficient (Wildman–Crippen LogP) is 2.31. The van der Waals surface area contributed by atoms with E-state index in [1.54, 1.807) is 17.0 Å². The third kappa shape index (κ3) is 2.99. The molecule has 0 bridgehead atoms. The van der Waals surface area contributed by atoms with E-state index in [-0.39, 0.29) is 5.91 Å². The monoisotopic (exact) mass is 220 g/mol. The van der Waals surface area contributed by atoms with Crippen molar-refractivity contribution >= 4 is 11.6 Å². The number of nitrogens with two attached hydrogens (primary N) is 1. The topological polar surface area (TPSA) is 46.3 Å². The van der Waals surface area contributed by atoms with Crippen molar-refractivity contribution in [1.82, 2.24) is 4.90 Å². The first-order valence-electron chi connectivity index (χ1n) is 5.53. The van der Waals surface area contributed by atoms with Crippen molar-refractivity contribution in [3.8, 4) is 0 Å². The fraction of sp³-hybridized carbons (Fsp3) is 0.462. The summed E-state index contributed by atoms with van der Waals surface area (Å²) in [5.74, 6) is 0.536. The number of nitrogen functional groups attached to an aromatic ring is 1. The average Bonchev–Trinajstić information content (AvgIpc) is 2.15. The number of hydrogen-bond acceptors (Lipinski definition) is 2. The van der Waals surface area contributed by atoms with Crippen molar-refractivity contribution in [2.75, 3.05) is 19.3 Å². The van der Waals surface area contributed by atoms with Crippen LogP contribution in [-0.2, 0) is 0 Å². The van der Waals surface area contributed by atoms with E-state index in [2.05, 4.69) is 13.8 Å². The number of nitrogens with zero attached hydrogens (tertiary/aromatic N) is 1. The SMILES string of the molecule is Cc1cc(N)ccc1C(=O)N(C)CC(C)C. The highest BCUT2D eigenvalue weighted by Gasteiger charge is 2.14. The summed E-state index contributed by atoms with van der Waals surface area (Å²) in [5, 5.41) is 0. The van der Waals surface area contributed by atoms with Gasteiger partial charge in [-0.15, -0.1) is 0 Å². The molecule has 1 amide bonds. The van der Waals surface area contributed by atoms with Crippen LogP contribution >= 0.6 is 0 Å². The summed E-state index contributed by atoms with van der Waals surface area (Å²) in [5.41, 5.74) is 8.02. The quantitative estimate of drug-likeness (QED) is 0.794. The molecule has 0 aliphatic carbocycles. The molecule has 3 nitrogen and oxygen atoms in total. The first-order valence-corrected chi connectivity index (χ1v) is 5.53. The number of carbonyl (C=O) groups is 1. The van der Waals surface area contributed by atoms with Crippen LogP contribution in [0.2, 0.25) is 0 Å². The summed E-state index contributed by atoms with van der Waals surface area (Å²) in [6.45, 7) is 6.87. The van der Waals surface area contributed by atoms with Gasteiger partial charge in [0.1, 0.15) is 0 Å². The third-order valence-electron chi connectivity index (χ3n) is 2.47. The van der Waals surface area contributed by atoms with Crippen LogP contribution < -0.4 is 5.73 Å². The summed E-state index contributed by atoms with van der Waals surface area (Å²) in [4.78, 5) is 13.9. The maximum atomic E-state index is 12.1. The Morgan fingerprint density at radius 3 is 2.56 bits per heavy atom. The van der Waals surface area contributed by atoms with Gasteiger partial charge in [0.2, 0.25) is 0 Å². The standard InChI is InChI=1S/C13H20N2O/c1-9(2)8-15(4)13(16)12-6-5-11(14)7-10(12)3/h5-7,9H,8,14H2,1-4H3. The Kier molecular flexibility index (Phi) is 3.93. The van der Waals surface area contributed by atoms with Crippen LogP contribution in [0, 0.1) is 12.8 Å². The molecule has 1 aromatic carbocycles. The summed E-state index contributed by atoms with van der Waals surface area (Å²) in [6.07, 6.45) is 0. The zero-order valence-corrected chi connectivity index (χ0v) is 10.4. The molecule has 0 aliphatic heterocycles. The van der Waals surface area contributed by atoms with Crippen molar-refractivity contribution < 1.29 is 4.79 Å². The molecule has 0 radical (unpaired) electrons. The van der Waals surface area contributed by atoms with Gasteiger partial charge in [0.05, 0.1) is 0 Å². The number of aryl methyl sites for hydroxylation is 1. The fourth-order valence-corrected chi connectivity index (χ4v) is 1.76. The van der Waals surface area contributed by atoms with Crippen molar-refractivity contribution in [2.45, 2.75) is 20.8 Å². The van der Waals surface area contributed by atoms with Gasteiger partial charge in [-0.1, -0.05) is 13.8 Å². The van der Waals surface area contributed by atoms with Gasteiger partial charge in [-0.05, 0) is 36.6 Å². The predicted molar refractivity (Wildman–Crippen MR) is 67.4 cm³/mol. The Morgan fingerprint density at radius 1 is 1.44 bits per heavy atom. The van der Waals surface area contributed by atoms with Gasteiger partial charge in [0.25, 0.3) is 5.91 Å². The second-order valence-corrected chi connectivity index (χ2v) is 4.65. The van der Waals surface area contributed by atoms with Crippen LogP contribution in [-0.4, -0.2) is 24.4 Å². The van der Waals surface area contributed by atoms with Gasteiger partial charge in [-0.25, -0.2) is 0 Å². The Labute approximate surface area is 97.2 Å². The highest BCUT2D eigenvalue weighted by Crippen LogP contribution is 2.14. The number of rotatable bonds is 3. The maximum Gasteiger partial charge on any atom is 0.253 e. The van der Waals surface area contributed by atoms with Gasteiger partial charge in [-0.2, -0.15) is 0 Å². The minimum atomic E-state index is 0.0613. The summed E-state index contributed by atoms with van der Waals surface area (Å²) < 4.78 is 0. The molecule has 0 heterocycles. The van der Waals surface area contributed by atoms with Crippen molar-refractivity contribution in [3.05, 3.63) is 29.3 Å². The number of benzene rings is 1. The largest absolute Gasteiger partial charge is 0.399 e. The lowest BCUT2D eigenvalue weighted by Crippen LogP contribution is -2.30. The second kappa shape index (κ2) is 5.01. The molecular weight excluding hydrogens is 200 g/mol. The van der Waals surface area contributed by atoms with Crippen LogP contribution in [0.4, 0.5) is 5.69 Å². The minimum Gasteiger partial charge on any atom is -0.399 e. The highest BCUT2D eigenvalue weighted by atomic mass is 16.2. The van der Waals surface area contributed by atoms with E-state index in [1.807, 2.05) is 20.0 Å². The molecule has 0 atom stereocenters. The van der Waals surface area contributed by atoms with Crippen LogP contribution in [0.3, 0.4) is 0 Å². The molecule has 2 N–H and O–H groups in total. The Bertz CT molecular complexity index is 386. The summed E-state index contributed by atoms with van der Waals surface area (Å²) >= 11 is 0. The lowest BCUT2D eigenvalue weighted by molar-refractivity contribution is 0.0778. The van der Waals surface area contributed by atoms with E-state index < -0.39 is 0 Å². The Balaban J connectivity index is 2.88. The maximum absolute atomic E-state index is 12.1. The molecule has 1 rings (SSSR count). The molecule has 0 aliphatic rings. The van der Waals surface area contributed by atoms with E-state index in [0.717, 1.165) is 17.7 Å². The van der Waals surface area contributed by atoms with Crippen LogP contribution in [0.5, 0.6) is 0 Å². The van der Waals surface area contributed by atoms with Crippen molar-refractivity contribution in [1.29, 1.82) is 0 Å². The first kappa shape index (κ1) is 12.6. The number of anilines is 1. The van der Waals surface area contributed by atoms with E-state index in [0.29, 0.717) is 11.6 Å². The molecule has 0 spiro atoms. The molecule has 3 heteroatoms. The van der Waals surface area contributed by atoms with Gasteiger partial charge in [0, 0.05) is 24.8 Å². The van der Waals surface area contributed by atoms with Crippen LogP contribution in [0.1, 0.15) is 29.8 Å². The zero-order valence-electron chi connectivity index (χ0n) is 10.4. The zero-order chi connectivity index (χ0) is 12.3. The van der Waals surface area contributed by atoms with Crippen LogP contribution in [0.25, 0.3) is 0 Å². The number of hydrogen-bond donors (Lipinski definition) is 1. The van der Waals surface area contributed by atoms with E-state index in [4.69, 9.17) is 5.73 Å². The van der Waals surface area contributed by atoms with Gasteiger partial charge in [0.15, 0.2) is 0 Å². The highest BCUT2D eigenvalue weighted by molar-refractivity contribution is 5.95. The van der Waals surface area contributed by atoms with E-state index in [9.17, 15) is 4.79 Å². The van der Waals surface area contributed by atoms with Gasteiger partial charge in [-0.3, -0.25) is 4.79 Å². The summed E-state index contributed by atoms with van der Waals surface area (Å²) in [7, 11) is 1.83. The molecule has 0 fully saturated rings. The van der Waals surface area contributed by atoms with Gasteiger partial charge < -0.3 is 10.6 Å². The smallest absolute Gasteiger partial charge is 0.253 e. The third-order valence-corrected chi connectivity index (χ3v) is 2.47. The molecule has 0 saturated carbocycles. The normalized spacial score (nSPS) is 10.6. The molecule has 88 valence electrons. The lowest BCUT2D eigenvalue weighted by Gasteiger charge is -2.20. The van der Waals surface area contributed by atoms with E-state index in [1.165, 1.54) is 0 Å². The number of amides is 1. The molecule has 0 aromatic heterocycles. The second-order valence-electron chi connectivity index (χ2n) is 4.65. The Morgan fingerprint density at radius 2 is 2.06 bits per heavy atom. The van der Waals surface area contributed by atoms with Crippen molar-refractivity contribution in [3.63, 3.8) is 0 Å².